The van der Waals surface area contributed by atoms with Crippen molar-refractivity contribution >= 4 is 29.0 Å². The monoisotopic (exact) mass is 428 g/mol. The van der Waals surface area contributed by atoms with E-state index >= 15 is 0 Å². The fourth-order valence-electron chi connectivity index (χ4n) is 4.15. The van der Waals surface area contributed by atoms with Crippen molar-refractivity contribution in [3.05, 3.63) is 33.7 Å². The number of anilines is 1. The van der Waals surface area contributed by atoms with Gasteiger partial charge in [-0.05, 0) is 19.8 Å². The minimum absolute atomic E-state index is 0.0737. The number of nitrogens with zero attached hydrogens (tertiary/aromatic N) is 6. The van der Waals surface area contributed by atoms with Gasteiger partial charge in [0.2, 0.25) is 5.91 Å². The maximum Gasteiger partial charge on any atom is 0.265 e. The molecular formula is C21H28N6O2S. The zero-order valence-electron chi connectivity index (χ0n) is 18.0. The van der Waals surface area contributed by atoms with Gasteiger partial charge < -0.3 is 14.7 Å². The van der Waals surface area contributed by atoms with Crippen molar-refractivity contribution in [2.24, 2.45) is 0 Å². The van der Waals surface area contributed by atoms with Crippen LogP contribution in [0.5, 0.6) is 0 Å². The van der Waals surface area contributed by atoms with Crippen molar-refractivity contribution in [2.75, 3.05) is 45.7 Å². The summed E-state index contributed by atoms with van der Waals surface area (Å²) in [6, 6.07) is 2.01. The van der Waals surface area contributed by atoms with Crippen LogP contribution in [0.3, 0.4) is 0 Å². The van der Waals surface area contributed by atoms with Gasteiger partial charge in [0.1, 0.15) is 16.5 Å². The molecule has 0 N–H and O–H groups in total. The minimum atomic E-state index is 0.0737. The Morgan fingerprint density at radius 3 is 2.50 bits per heavy atom. The predicted molar refractivity (Wildman–Crippen MR) is 116 cm³/mol. The van der Waals surface area contributed by atoms with Gasteiger partial charge in [-0.3, -0.25) is 9.59 Å². The summed E-state index contributed by atoms with van der Waals surface area (Å²) in [7, 11) is 5.79. The zero-order chi connectivity index (χ0) is 21.4. The summed E-state index contributed by atoms with van der Waals surface area (Å²) in [6.07, 6.45) is 2.17. The highest BCUT2D eigenvalue weighted by Gasteiger charge is 2.32. The zero-order valence-corrected chi connectivity index (χ0v) is 18.8. The van der Waals surface area contributed by atoms with Crippen LogP contribution in [-0.4, -0.2) is 77.3 Å². The number of piperidine rings is 1. The van der Waals surface area contributed by atoms with Crippen molar-refractivity contribution < 1.29 is 9.59 Å². The highest BCUT2D eigenvalue weighted by atomic mass is 32.1. The highest BCUT2D eigenvalue weighted by Crippen LogP contribution is 2.32. The van der Waals surface area contributed by atoms with Crippen LogP contribution in [0.2, 0.25) is 0 Å². The molecule has 0 spiro atoms. The molecule has 9 heteroatoms. The first-order valence-corrected chi connectivity index (χ1v) is 11.2. The van der Waals surface area contributed by atoms with Gasteiger partial charge in [0.25, 0.3) is 5.91 Å². The third kappa shape index (κ3) is 4.03. The molecule has 2 aromatic heterocycles. The number of thiazole rings is 1. The van der Waals surface area contributed by atoms with Gasteiger partial charge in [-0.25, -0.2) is 15.0 Å². The fraction of sp³-hybridized carbons (Fsp3) is 0.571. The van der Waals surface area contributed by atoms with Crippen LogP contribution in [-0.2, 0) is 4.79 Å². The average Bonchev–Trinajstić information content (AvgIpc) is 3.32. The first-order chi connectivity index (χ1) is 14.3. The van der Waals surface area contributed by atoms with Crippen molar-refractivity contribution in [1.29, 1.82) is 0 Å². The summed E-state index contributed by atoms with van der Waals surface area (Å²) in [5, 5.41) is 0. The Balaban J connectivity index is 1.51. The van der Waals surface area contributed by atoms with Gasteiger partial charge in [-0.15, -0.1) is 11.3 Å². The molecule has 4 rings (SSSR count). The smallest absolute Gasteiger partial charge is 0.265 e. The molecule has 8 nitrogen and oxygen atoms in total. The van der Waals surface area contributed by atoms with Gasteiger partial charge in [0.05, 0.1) is 16.9 Å². The van der Waals surface area contributed by atoms with Gasteiger partial charge >= 0.3 is 0 Å². The summed E-state index contributed by atoms with van der Waals surface area (Å²) in [4.78, 5) is 45.1. The van der Waals surface area contributed by atoms with Crippen LogP contribution in [0.15, 0.2) is 11.6 Å². The van der Waals surface area contributed by atoms with Crippen LogP contribution in [0.4, 0.5) is 5.82 Å². The number of carbonyl (C=O) groups is 2. The number of rotatable bonds is 4. The number of carbonyl (C=O) groups excluding carboxylic acids is 2. The third-order valence-corrected chi connectivity index (χ3v) is 6.97. The van der Waals surface area contributed by atoms with E-state index in [-0.39, 0.29) is 23.7 Å². The number of aromatic nitrogens is 3. The molecule has 4 heterocycles. The number of hydrogen-bond acceptors (Lipinski definition) is 7. The Morgan fingerprint density at radius 2 is 1.93 bits per heavy atom. The highest BCUT2D eigenvalue weighted by molar-refractivity contribution is 7.11. The normalized spacial score (nSPS) is 20.1. The van der Waals surface area contributed by atoms with Gasteiger partial charge in [-0.2, -0.15) is 0 Å². The minimum Gasteiger partial charge on any atom is -0.363 e. The molecule has 0 unspecified atom stereocenters. The molecule has 2 fully saturated rings. The second-order valence-corrected chi connectivity index (χ2v) is 9.27. The average molecular weight is 429 g/mol. The van der Waals surface area contributed by atoms with Crippen LogP contribution >= 0.6 is 11.3 Å². The van der Waals surface area contributed by atoms with E-state index in [2.05, 4.69) is 4.98 Å². The summed E-state index contributed by atoms with van der Waals surface area (Å²) in [5.41, 5.74) is 3.47. The first kappa shape index (κ1) is 20.7. The Bertz CT molecular complexity index is 951. The van der Waals surface area contributed by atoms with E-state index in [9.17, 15) is 9.59 Å². The third-order valence-electron chi connectivity index (χ3n) is 6.05. The Morgan fingerprint density at radius 1 is 1.20 bits per heavy atom. The van der Waals surface area contributed by atoms with Gasteiger partial charge in [0, 0.05) is 65.1 Å². The largest absolute Gasteiger partial charge is 0.363 e. The molecule has 160 valence electrons. The lowest BCUT2D eigenvalue weighted by Crippen LogP contribution is -2.38. The van der Waals surface area contributed by atoms with E-state index in [1.807, 2.05) is 43.9 Å². The van der Waals surface area contributed by atoms with Crippen LogP contribution in [0, 0.1) is 6.92 Å². The van der Waals surface area contributed by atoms with E-state index < -0.39 is 0 Å². The number of amides is 2. The van der Waals surface area contributed by atoms with Crippen LogP contribution in [0.1, 0.15) is 58.0 Å². The van der Waals surface area contributed by atoms with Crippen molar-refractivity contribution in [3.8, 4) is 0 Å². The predicted octanol–water partition coefficient (Wildman–Crippen LogP) is 2.27. The first-order valence-electron chi connectivity index (χ1n) is 10.3. The second-order valence-electron chi connectivity index (χ2n) is 8.41. The van der Waals surface area contributed by atoms with E-state index in [4.69, 9.17) is 9.97 Å². The summed E-state index contributed by atoms with van der Waals surface area (Å²) < 4.78 is 0. The molecule has 1 atom stereocenters. The molecular weight excluding hydrogens is 400 g/mol. The fourth-order valence-corrected chi connectivity index (χ4v) is 4.91. The van der Waals surface area contributed by atoms with Crippen molar-refractivity contribution in [2.45, 2.75) is 38.0 Å². The molecule has 0 aliphatic carbocycles. The quantitative estimate of drug-likeness (QED) is 0.743. The Labute approximate surface area is 180 Å². The molecule has 2 aliphatic rings. The van der Waals surface area contributed by atoms with E-state index in [1.54, 1.807) is 10.4 Å². The molecule has 0 bridgehead atoms. The number of likely N-dealkylation sites (N-methyl/N-ethyl adjacent to an activating group) is 1. The van der Waals surface area contributed by atoms with Crippen LogP contribution in [0.25, 0.3) is 0 Å². The van der Waals surface area contributed by atoms with E-state index in [0.29, 0.717) is 26.1 Å². The van der Waals surface area contributed by atoms with Crippen LogP contribution < -0.4 is 4.90 Å². The lowest BCUT2D eigenvalue weighted by molar-refractivity contribution is -0.126. The van der Waals surface area contributed by atoms with Crippen molar-refractivity contribution in [1.82, 2.24) is 24.8 Å². The summed E-state index contributed by atoms with van der Waals surface area (Å²) >= 11 is 1.41. The maximum atomic E-state index is 12.8. The molecule has 2 aliphatic heterocycles. The number of hydrogen-bond donors (Lipinski definition) is 0. The van der Waals surface area contributed by atoms with Gasteiger partial charge in [-0.1, -0.05) is 0 Å². The Kier molecular flexibility index (Phi) is 5.73. The summed E-state index contributed by atoms with van der Waals surface area (Å²) in [6.45, 7) is 3.96. The SMILES string of the molecule is Cc1ncsc1C(=O)N1CCC(c2nc([C@@H]3CC(=O)N(C)C3)cc(N(C)C)n2)CC1. The maximum absolute atomic E-state index is 12.8. The number of aryl methyl sites for hydroxylation is 1. The van der Waals surface area contributed by atoms with Crippen molar-refractivity contribution in [3.63, 3.8) is 0 Å². The molecule has 2 saturated heterocycles. The lowest BCUT2D eigenvalue weighted by Gasteiger charge is -2.31. The summed E-state index contributed by atoms with van der Waals surface area (Å²) in [5.74, 6) is 2.26. The molecule has 2 amide bonds. The molecule has 0 saturated carbocycles. The second kappa shape index (κ2) is 8.29. The standard InChI is InChI=1S/C21H28N6O2S/c1-13-19(30-12-22-13)21(29)27-7-5-14(6-8-27)20-23-16(10-17(24-20)25(2)3)15-9-18(28)26(4)11-15/h10,12,14-15H,5-9,11H2,1-4H3/t15-/m1/s1. The van der Waals surface area contributed by atoms with Gasteiger partial charge in [0.15, 0.2) is 0 Å². The molecule has 30 heavy (non-hydrogen) atoms. The topological polar surface area (TPSA) is 82.5 Å². The molecule has 2 aromatic rings. The Hall–Kier alpha value is -2.55. The van der Waals surface area contributed by atoms with E-state index in [1.165, 1.54) is 11.3 Å². The number of likely N-dealkylation sites (tertiary alicyclic amines) is 2. The molecule has 0 radical (unpaired) electrons. The molecule has 0 aromatic carbocycles. The lowest BCUT2D eigenvalue weighted by atomic mass is 9.95. The van der Waals surface area contributed by atoms with E-state index in [0.717, 1.165) is 40.7 Å².